The van der Waals surface area contributed by atoms with Gasteiger partial charge in [0.1, 0.15) is 0 Å². The monoisotopic (exact) mass is 380 g/mol. The molecule has 0 bridgehead atoms. The first-order chi connectivity index (χ1) is 12.1. The van der Waals surface area contributed by atoms with Crippen molar-refractivity contribution in [1.82, 2.24) is 10.3 Å². The number of nitrogens with one attached hydrogen (secondary N) is 1. The van der Waals surface area contributed by atoms with Gasteiger partial charge in [0.25, 0.3) is 5.91 Å². The maximum absolute atomic E-state index is 12.3. The third kappa shape index (κ3) is 4.77. The predicted octanol–water partition coefficient (Wildman–Crippen LogP) is 4.12. The molecule has 5 nitrogen and oxygen atoms in total. The van der Waals surface area contributed by atoms with Crippen LogP contribution in [0.2, 0.25) is 10.0 Å². The number of hydrogen-bond donors (Lipinski definition) is 1. The van der Waals surface area contributed by atoms with E-state index in [0.29, 0.717) is 39.7 Å². The predicted molar refractivity (Wildman–Crippen MR) is 96.6 cm³/mol. The van der Waals surface area contributed by atoms with E-state index >= 15 is 0 Å². The minimum Gasteiger partial charge on any atom is -0.494 e. The summed E-state index contributed by atoms with van der Waals surface area (Å²) in [6.45, 7) is 1.07. The van der Waals surface area contributed by atoms with Crippen LogP contribution in [0.1, 0.15) is 28.8 Å². The Kier molecular flexibility index (Phi) is 5.66. The summed E-state index contributed by atoms with van der Waals surface area (Å²) in [5.41, 5.74) is 1.24. The third-order valence-electron chi connectivity index (χ3n) is 3.88. The van der Waals surface area contributed by atoms with E-state index in [2.05, 4.69) is 10.3 Å². The fourth-order valence-electron chi connectivity index (χ4n) is 2.26. The summed E-state index contributed by atoms with van der Waals surface area (Å²) in [5, 5.41) is 3.39. The average molecular weight is 381 g/mol. The number of pyridine rings is 1. The molecule has 1 aliphatic rings. The van der Waals surface area contributed by atoms with Crippen LogP contribution in [-0.2, 0) is 6.54 Å². The second-order valence-electron chi connectivity index (χ2n) is 5.91. The van der Waals surface area contributed by atoms with E-state index in [-0.39, 0.29) is 5.91 Å². The molecule has 25 heavy (non-hydrogen) atoms. The van der Waals surface area contributed by atoms with Crippen LogP contribution in [-0.4, -0.2) is 24.6 Å². The summed E-state index contributed by atoms with van der Waals surface area (Å²) >= 11 is 12.1. The van der Waals surface area contributed by atoms with E-state index in [1.165, 1.54) is 32.1 Å². The van der Waals surface area contributed by atoms with E-state index in [1.54, 1.807) is 6.20 Å². The number of aromatic nitrogens is 1. The second kappa shape index (κ2) is 7.93. The number of benzene rings is 1. The summed E-state index contributed by atoms with van der Waals surface area (Å²) in [5.74, 6) is 1.37. The highest BCUT2D eigenvalue weighted by atomic mass is 35.5. The van der Waals surface area contributed by atoms with Gasteiger partial charge in [0.05, 0.1) is 23.8 Å². The number of methoxy groups -OCH3 is 1. The van der Waals surface area contributed by atoms with Crippen molar-refractivity contribution in [2.75, 3.05) is 13.7 Å². The van der Waals surface area contributed by atoms with Crippen molar-refractivity contribution in [1.29, 1.82) is 0 Å². The fraction of sp³-hybridized carbons (Fsp3) is 0.333. The summed E-state index contributed by atoms with van der Waals surface area (Å²) in [4.78, 5) is 16.5. The molecule has 1 heterocycles. The largest absolute Gasteiger partial charge is 0.494 e. The Hall–Kier alpha value is -1.98. The van der Waals surface area contributed by atoms with Crippen molar-refractivity contribution >= 4 is 29.1 Å². The Morgan fingerprint density at radius 2 is 2.00 bits per heavy atom. The van der Waals surface area contributed by atoms with Crippen LogP contribution in [0.15, 0.2) is 30.5 Å². The Morgan fingerprint density at radius 3 is 2.56 bits per heavy atom. The van der Waals surface area contributed by atoms with Crippen molar-refractivity contribution in [3.05, 3.63) is 51.6 Å². The molecular weight excluding hydrogens is 363 g/mol. The van der Waals surface area contributed by atoms with Crippen LogP contribution in [0.3, 0.4) is 0 Å². The van der Waals surface area contributed by atoms with Crippen molar-refractivity contribution in [3.8, 4) is 11.6 Å². The zero-order valence-electron chi connectivity index (χ0n) is 13.7. The summed E-state index contributed by atoms with van der Waals surface area (Å²) in [6.07, 6.45) is 4.17. The number of hydrogen-bond acceptors (Lipinski definition) is 4. The quantitative estimate of drug-likeness (QED) is 0.784. The van der Waals surface area contributed by atoms with E-state index in [9.17, 15) is 4.79 Å². The number of amides is 1. The number of carbonyl (C=O) groups is 1. The maximum Gasteiger partial charge on any atom is 0.251 e. The molecule has 1 aromatic heterocycles. The van der Waals surface area contributed by atoms with Gasteiger partial charge >= 0.3 is 0 Å². The minimum absolute atomic E-state index is 0.277. The molecule has 0 saturated heterocycles. The SMILES string of the molecule is COc1c(Cl)cc(C(=O)NCc2ccc(OCC3CC3)nc2)cc1Cl. The molecule has 132 valence electrons. The van der Waals surface area contributed by atoms with Crippen LogP contribution in [0.25, 0.3) is 0 Å². The number of rotatable bonds is 7. The van der Waals surface area contributed by atoms with Gasteiger partial charge in [-0.1, -0.05) is 29.3 Å². The standard InChI is InChI=1S/C18H18Cl2N2O3/c1-24-17-14(19)6-13(7-15(17)20)18(23)22-9-12-4-5-16(21-8-12)25-10-11-2-3-11/h4-8,11H,2-3,9-10H2,1H3,(H,22,23). The van der Waals surface area contributed by atoms with Crippen molar-refractivity contribution < 1.29 is 14.3 Å². The molecule has 0 unspecified atom stereocenters. The topological polar surface area (TPSA) is 60.5 Å². The molecule has 7 heteroatoms. The van der Waals surface area contributed by atoms with Gasteiger partial charge < -0.3 is 14.8 Å². The van der Waals surface area contributed by atoms with Gasteiger partial charge in [-0.25, -0.2) is 4.98 Å². The molecule has 3 rings (SSSR count). The van der Waals surface area contributed by atoms with Crippen molar-refractivity contribution in [2.45, 2.75) is 19.4 Å². The zero-order valence-corrected chi connectivity index (χ0v) is 15.2. The molecule has 1 aliphatic carbocycles. The van der Waals surface area contributed by atoms with Gasteiger partial charge in [-0.2, -0.15) is 0 Å². The first-order valence-electron chi connectivity index (χ1n) is 7.95. The Labute approximate surface area is 156 Å². The average Bonchev–Trinajstić information content (AvgIpc) is 3.43. The van der Waals surface area contributed by atoms with Gasteiger partial charge in [0, 0.05) is 24.4 Å². The first kappa shape index (κ1) is 17.8. The lowest BCUT2D eigenvalue weighted by molar-refractivity contribution is 0.0951. The molecule has 1 saturated carbocycles. The summed E-state index contributed by atoms with van der Waals surface area (Å²) in [6, 6.07) is 6.73. The molecule has 0 radical (unpaired) electrons. The summed E-state index contributed by atoms with van der Waals surface area (Å²) in [7, 11) is 1.47. The number of nitrogens with zero attached hydrogens (tertiary/aromatic N) is 1. The van der Waals surface area contributed by atoms with E-state index in [0.717, 1.165) is 12.2 Å². The number of halogens is 2. The van der Waals surface area contributed by atoms with Crippen LogP contribution < -0.4 is 14.8 Å². The van der Waals surface area contributed by atoms with Crippen molar-refractivity contribution in [3.63, 3.8) is 0 Å². The first-order valence-corrected chi connectivity index (χ1v) is 8.71. The molecule has 1 fully saturated rings. The van der Waals surface area contributed by atoms with Crippen LogP contribution in [0, 0.1) is 5.92 Å². The fourth-order valence-corrected chi connectivity index (χ4v) is 2.90. The lowest BCUT2D eigenvalue weighted by Crippen LogP contribution is -2.23. The van der Waals surface area contributed by atoms with Crippen molar-refractivity contribution in [2.24, 2.45) is 5.92 Å². The van der Waals surface area contributed by atoms with Crippen LogP contribution in [0.4, 0.5) is 0 Å². The maximum atomic E-state index is 12.3. The highest BCUT2D eigenvalue weighted by Crippen LogP contribution is 2.33. The number of carbonyl (C=O) groups excluding carboxylic acids is 1. The molecule has 1 aromatic carbocycles. The van der Waals surface area contributed by atoms with Gasteiger partial charge in [0.15, 0.2) is 5.75 Å². The van der Waals surface area contributed by atoms with E-state index in [1.807, 2.05) is 12.1 Å². The Balaban J connectivity index is 1.56. The molecule has 0 atom stereocenters. The normalized spacial score (nSPS) is 13.4. The lowest BCUT2D eigenvalue weighted by atomic mass is 10.2. The Bertz CT molecular complexity index is 738. The number of ether oxygens (including phenoxy) is 2. The minimum atomic E-state index is -0.277. The molecular formula is C18H18Cl2N2O3. The smallest absolute Gasteiger partial charge is 0.251 e. The molecule has 1 amide bonds. The molecule has 2 aromatic rings. The zero-order chi connectivity index (χ0) is 17.8. The van der Waals surface area contributed by atoms with Gasteiger partial charge in [0.2, 0.25) is 5.88 Å². The third-order valence-corrected chi connectivity index (χ3v) is 4.44. The van der Waals surface area contributed by atoms with Crippen LogP contribution >= 0.6 is 23.2 Å². The highest BCUT2D eigenvalue weighted by Gasteiger charge is 2.22. The van der Waals surface area contributed by atoms with Gasteiger partial charge in [-0.15, -0.1) is 0 Å². The van der Waals surface area contributed by atoms with E-state index in [4.69, 9.17) is 32.7 Å². The lowest BCUT2D eigenvalue weighted by Gasteiger charge is -2.10. The molecule has 1 N–H and O–H groups in total. The Morgan fingerprint density at radius 1 is 1.28 bits per heavy atom. The van der Waals surface area contributed by atoms with E-state index < -0.39 is 0 Å². The van der Waals surface area contributed by atoms with Gasteiger partial charge in [-0.05, 0) is 36.5 Å². The summed E-state index contributed by atoms with van der Waals surface area (Å²) < 4.78 is 10.7. The van der Waals surface area contributed by atoms with Crippen LogP contribution in [0.5, 0.6) is 11.6 Å². The highest BCUT2D eigenvalue weighted by molar-refractivity contribution is 6.37. The molecule has 0 spiro atoms. The molecule has 0 aliphatic heterocycles. The second-order valence-corrected chi connectivity index (χ2v) is 6.73. The van der Waals surface area contributed by atoms with Gasteiger partial charge in [-0.3, -0.25) is 4.79 Å².